The molecule has 0 bridgehead atoms. The van der Waals surface area contributed by atoms with Crippen LogP contribution in [0.25, 0.3) is 48.3 Å². The van der Waals surface area contributed by atoms with Gasteiger partial charge < -0.3 is 4.40 Å². The molecule has 114 valence electrons. The molecule has 0 N–H and O–H groups in total. The first kappa shape index (κ1) is 12.7. The first-order chi connectivity index (χ1) is 11.8. The van der Waals surface area contributed by atoms with Crippen LogP contribution in [-0.4, -0.2) is 4.40 Å². The number of pyridine rings is 2. The summed E-state index contributed by atoms with van der Waals surface area (Å²) in [4.78, 5) is 1.40. The van der Waals surface area contributed by atoms with Crippen LogP contribution in [0.4, 0.5) is 0 Å². The van der Waals surface area contributed by atoms with E-state index in [1.807, 2.05) is 11.3 Å². The number of hydrogen-bond acceptors (Lipinski definition) is 1. The van der Waals surface area contributed by atoms with Crippen molar-refractivity contribution >= 4 is 59.6 Å². The molecule has 0 amide bonds. The minimum absolute atomic E-state index is 1.30. The Labute approximate surface area is 142 Å². The molecule has 0 saturated heterocycles. The van der Waals surface area contributed by atoms with Crippen LogP contribution in [0.3, 0.4) is 0 Å². The number of nitrogens with zero attached hydrogens (tertiary/aromatic N) is 2. The molecule has 0 aliphatic heterocycles. The summed E-state index contributed by atoms with van der Waals surface area (Å²) >= 11 is 1.92. The molecule has 6 aromatic rings. The zero-order chi connectivity index (χ0) is 16.0. The third-order valence-electron chi connectivity index (χ3n) is 5.29. The van der Waals surface area contributed by atoms with Crippen LogP contribution in [0.2, 0.25) is 0 Å². The molecule has 0 aliphatic carbocycles. The smallest absolute Gasteiger partial charge is 0.225 e. The third-order valence-corrected chi connectivity index (χ3v) is 6.42. The Bertz CT molecular complexity index is 1420. The van der Waals surface area contributed by atoms with Crippen molar-refractivity contribution in [3.63, 3.8) is 0 Å². The van der Waals surface area contributed by atoms with Crippen LogP contribution in [0.15, 0.2) is 54.7 Å². The summed E-state index contributed by atoms with van der Waals surface area (Å²) in [5.41, 5.74) is 5.34. The molecule has 0 radical (unpaired) electrons. The molecule has 4 aromatic heterocycles. The first-order valence-electron chi connectivity index (χ1n) is 8.20. The second-order valence-corrected chi connectivity index (χ2v) is 7.80. The van der Waals surface area contributed by atoms with Crippen molar-refractivity contribution in [2.75, 3.05) is 0 Å². The summed E-state index contributed by atoms with van der Waals surface area (Å²) in [6.45, 7) is 2.26. The fourth-order valence-electron chi connectivity index (χ4n) is 4.32. The van der Waals surface area contributed by atoms with E-state index >= 15 is 0 Å². The molecule has 0 saturated carbocycles. The second kappa shape index (κ2) is 4.05. The van der Waals surface area contributed by atoms with E-state index in [4.69, 9.17) is 0 Å². The number of rotatable bonds is 0. The molecule has 0 aliphatic rings. The van der Waals surface area contributed by atoms with Crippen LogP contribution >= 0.6 is 11.3 Å². The SMILES string of the molecule is Cc1sc2c3ccccc3n3c4cccc5cc[n+](C)c(c1c23)c54. The maximum atomic E-state index is 2.47. The number of aromatic nitrogens is 2. The highest BCUT2D eigenvalue weighted by Crippen LogP contribution is 2.44. The highest BCUT2D eigenvalue weighted by Gasteiger charge is 2.25. The monoisotopic (exact) mass is 327 g/mol. The van der Waals surface area contributed by atoms with Gasteiger partial charge in [-0.3, -0.25) is 0 Å². The maximum Gasteiger partial charge on any atom is 0.225 e. The van der Waals surface area contributed by atoms with Gasteiger partial charge in [0.15, 0.2) is 6.20 Å². The molecule has 2 aromatic carbocycles. The third kappa shape index (κ3) is 1.28. The van der Waals surface area contributed by atoms with E-state index in [9.17, 15) is 0 Å². The fourth-order valence-corrected chi connectivity index (χ4v) is 5.50. The van der Waals surface area contributed by atoms with E-state index in [-0.39, 0.29) is 0 Å². The lowest BCUT2D eigenvalue weighted by Crippen LogP contribution is -2.28. The van der Waals surface area contributed by atoms with Crippen LogP contribution in [0.1, 0.15) is 4.88 Å². The maximum absolute atomic E-state index is 2.47. The topological polar surface area (TPSA) is 8.29 Å². The highest BCUT2D eigenvalue weighted by atomic mass is 32.1. The lowest BCUT2D eigenvalue weighted by Gasteiger charge is -2.09. The van der Waals surface area contributed by atoms with E-state index in [1.165, 1.54) is 53.2 Å². The van der Waals surface area contributed by atoms with Gasteiger partial charge in [-0.1, -0.05) is 30.3 Å². The minimum Gasteiger partial charge on any atom is -0.307 e. The molecule has 0 fully saturated rings. The van der Waals surface area contributed by atoms with Gasteiger partial charge in [-0.25, -0.2) is 4.57 Å². The van der Waals surface area contributed by atoms with Crippen molar-refractivity contribution in [1.82, 2.24) is 4.40 Å². The lowest BCUT2D eigenvalue weighted by atomic mass is 10.1. The summed E-state index contributed by atoms with van der Waals surface area (Å²) in [5, 5.41) is 5.43. The van der Waals surface area contributed by atoms with Gasteiger partial charge in [-0.2, -0.15) is 0 Å². The van der Waals surface area contributed by atoms with Crippen molar-refractivity contribution in [2.24, 2.45) is 7.05 Å². The Morgan fingerprint density at radius 1 is 0.917 bits per heavy atom. The number of hydrogen-bond donors (Lipinski definition) is 0. The Morgan fingerprint density at radius 3 is 2.67 bits per heavy atom. The van der Waals surface area contributed by atoms with E-state index < -0.39 is 0 Å². The molecule has 24 heavy (non-hydrogen) atoms. The second-order valence-electron chi connectivity index (χ2n) is 6.58. The molecule has 3 heteroatoms. The number of para-hydroxylation sites is 1. The average molecular weight is 327 g/mol. The van der Waals surface area contributed by atoms with E-state index in [1.54, 1.807) is 0 Å². The normalized spacial score (nSPS) is 12.6. The standard InChI is InChI=1S/C21H15N2S/c1-12-17-19-18-13(10-11-22(19)2)6-5-9-16(18)23-15-8-4-3-7-14(15)21(24-12)20(17)23/h3-11H,1-2H3/q+1. The van der Waals surface area contributed by atoms with Gasteiger partial charge in [-0.15, -0.1) is 11.3 Å². The summed E-state index contributed by atoms with van der Waals surface area (Å²) in [7, 11) is 2.16. The molecule has 0 unspecified atom stereocenters. The molecule has 0 atom stereocenters. The summed E-state index contributed by atoms with van der Waals surface area (Å²) in [6.07, 6.45) is 2.18. The Balaban J connectivity index is 2.17. The van der Waals surface area contributed by atoms with E-state index in [2.05, 4.69) is 77.7 Å². The molecule has 6 rings (SSSR count). The first-order valence-corrected chi connectivity index (χ1v) is 9.02. The van der Waals surface area contributed by atoms with Crippen molar-refractivity contribution in [3.05, 3.63) is 59.6 Å². The lowest BCUT2D eigenvalue weighted by molar-refractivity contribution is -0.643. The summed E-state index contributed by atoms with van der Waals surface area (Å²) < 4.78 is 6.16. The number of benzene rings is 2. The van der Waals surface area contributed by atoms with Crippen LogP contribution in [0.5, 0.6) is 0 Å². The molecule has 2 nitrogen and oxygen atoms in total. The zero-order valence-electron chi connectivity index (χ0n) is 13.5. The quantitative estimate of drug-likeness (QED) is 0.340. The predicted octanol–water partition coefficient (Wildman–Crippen LogP) is 5.18. The summed E-state index contributed by atoms with van der Waals surface area (Å²) in [5.74, 6) is 0. The van der Waals surface area contributed by atoms with Crippen LogP contribution in [-0.2, 0) is 7.05 Å². The van der Waals surface area contributed by atoms with Crippen molar-refractivity contribution in [3.8, 4) is 0 Å². The molecule has 4 heterocycles. The van der Waals surface area contributed by atoms with Gasteiger partial charge in [0, 0.05) is 16.3 Å². The predicted molar refractivity (Wildman–Crippen MR) is 102 cm³/mol. The van der Waals surface area contributed by atoms with E-state index in [0.717, 1.165) is 0 Å². The molecule has 0 spiro atoms. The zero-order valence-corrected chi connectivity index (χ0v) is 14.3. The largest absolute Gasteiger partial charge is 0.307 e. The molecular formula is C21H15N2S+. The summed E-state index contributed by atoms with van der Waals surface area (Å²) in [6, 6.07) is 17.7. The van der Waals surface area contributed by atoms with Crippen molar-refractivity contribution in [1.29, 1.82) is 0 Å². The molecular weight excluding hydrogens is 312 g/mol. The average Bonchev–Trinajstić information content (AvgIpc) is 3.10. The van der Waals surface area contributed by atoms with E-state index in [0.29, 0.717) is 0 Å². The number of fused-ring (bicyclic) bond motifs is 5. The number of thiophene rings is 1. The highest BCUT2D eigenvalue weighted by molar-refractivity contribution is 7.21. The van der Waals surface area contributed by atoms with Gasteiger partial charge in [0.1, 0.15) is 7.05 Å². The number of aryl methyl sites for hydroxylation is 2. The van der Waals surface area contributed by atoms with Gasteiger partial charge in [0.2, 0.25) is 5.52 Å². The van der Waals surface area contributed by atoms with Gasteiger partial charge in [-0.05, 0) is 24.4 Å². The van der Waals surface area contributed by atoms with Crippen LogP contribution in [0, 0.1) is 6.92 Å². The van der Waals surface area contributed by atoms with Crippen molar-refractivity contribution in [2.45, 2.75) is 6.92 Å². The fraction of sp³-hybridized carbons (Fsp3) is 0.0952. The Hall–Kier alpha value is -2.65. The Kier molecular flexibility index (Phi) is 2.15. The van der Waals surface area contributed by atoms with Gasteiger partial charge in [0.05, 0.1) is 32.0 Å². The van der Waals surface area contributed by atoms with Crippen LogP contribution < -0.4 is 4.57 Å². The van der Waals surface area contributed by atoms with Gasteiger partial charge in [0.25, 0.3) is 0 Å². The van der Waals surface area contributed by atoms with Gasteiger partial charge >= 0.3 is 0 Å². The minimum atomic E-state index is 1.30. The van der Waals surface area contributed by atoms with Crippen molar-refractivity contribution < 1.29 is 4.57 Å². The Morgan fingerprint density at radius 2 is 1.75 bits per heavy atom.